The van der Waals surface area contributed by atoms with Crippen LogP contribution in [0.5, 0.6) is 5.75 Å². The summed E-state index contributed by atoms with van der Waals surface area (Å²) < 4.78 is 5.59. The van der Waals surface area contributed by atoms with Crippen molar-refractivity contribution in [1.82, 2.24) is 0 Å². The van der Waals surface area contributed by atoms with Gasteiger partial charge in [-0.1, -0.05) is 60.7 Å². The van der Waals surface area contributed by atoms with Crippen LogP contribution in [0.4, 0.5) is 11.4 Å². The fourth-order valence-corrected chi connectivity index (χ4v) is 2.68. The monoisotopic (exact) mass is 360 g/mol. The van der Waals surface area contributed by atoms with E-state index in [2.05, 4.69) is 10.6 Å². The van der Waals surface area contributed by atoms with Crippen molar-refractivity contribution in [3.05, 3.63) is 78.9 Å². The molecule has 0 heterocycles. The summed E-state index contributed by atoms with van der Waals surface area (Å²) in [6.45, 7) is 1.25. The predicted molar refractivity (Wildman–Crippen MR) is 107 cm³/mol. The van der Waals surface area contributed by atoms with E-state index in [1.165, 1.54) is 6.92 Å². The molecule has 5 nitrogen and oxygen atoms in total. The molecule has 3 aromatic rings. The van der Waals surface area contributed by atoms with Gasteiger partial charge in [0.25, 0.3) is 5.91 Å². The number of ether oxygens (including phenoxy) is 1. The predicted octanol–water partition coefficient (Wildman–Crippen LogP) is 4.33. The number of amides is 2. The molecule has 3 rings (SSSR count). The molecule has 0 aliphatic rings. The number of para-hydroxylation sites is 3. The Hall–Kier alpha value is -3.60. The van der Waals surface area contributed by atoms with Gasteiger partial charge in [-0.15, -0.1) is 0 Å². The third-order valence-electron chi connectivity index (χ3n) is 3.84. The number of carbonyl (C=O) groups is 2. The van der Waals surface area contributed by atoms with Crippen molar-refractivity contribution in [1.29, 1.82) is 0 Å². The molecule has 0 aromatic heterocycles. The smallest absolute Gasteiger partial charge is 0.262 e. The lowest BCUT2D eigenvalue weighted by atomic mass is 10.0. The third-order valence-corrected chi connectivity index (χ3v) is 3.84. The lowest BCUT2D eigenvalue weighted by Gasteiger charge is -2.13. The first-order valence-electron chi connectivity index (χ1n) is 8.57. The molecule has 0 atom stereocenters. The van der Waals surface area contributed by atoms with Crippen molar-refractivity contribution < 1.29 is 14.3 Å². The minimum Gasteiger partial charge on any atom is -0.482 e. The second-order valence-electron chi connectivity index (χ2n) is 5.93. The summed E-state index contributed by atoms with van der Waals surface area (Å²) in [7, 11) is 0. The van der Waals surface area contributed by atoms with Crippen LogP contribution in [0.2, 0.25) is 0 Å². The van der Waals surface area contributed by atoms with Gasteiger partial charge in [0.15, 0.2) is 6.61 Å². The maximum atomic E-state index is 12.4. The van der Waals surface area contributed by atoms with Gasteiger partial charge in [0.1, 0.15) is 5.75 Å². The first-order valence-corrected chi connectivity index (χ1v) is 8.57. The molecule has 0 unspecified atom stereocenters. The molecule has 0 radical (unpaired) electrons. The lowest BCUT2D eigenvalue weighted by molar-refractivity contribution is -0.118. The van der Waals surface area contributed by atoms with E-state index in [-0.39, 0.29) is 18.4 Å². The molecule has 0 saturated carbocycles. The van der Waals surface area contributed by atoms with Crippen molar-refractivity contribution in [2.24, 2.45) is 0 Å². The molecular formula is C22H20N2O3. The van der Waals surface area contributed by atoms with E-state index in [1.807, 2.05) is 54.6 Å². The highest BCUT2D eigenvalue weighted by Gasteiger charge is 2.10. The van der Waals surface area contributed by atoms with Gasteiger partial charge in [-0.3, -0.25) is 9.59 Å². The second-order valence-corrected chi connectivity index (χ2v) is 5.93. The zero-order valence-corrected chi connectivity index (χ0v) is 14.9. The van der Waals surface area contributed by atoms with Crippen LogP contribution in [0.3, 0.4) is 0 Å². The SMILES string of the molecule is CC(=O)Nc1ccccc1OCC(=O)Nc1ccccc1-c1ccccc1. The Morgan fingerprint density at radius 3 is 2.15 bits per heavy atom. The summed E-state index contributed by atoms with van der Waals surface area (Å²) >= 11 is 0. The van der Waals surface area contributed by atoms with E-state index in [4.69, 9.17) is 4.74 Å². The summed E-state index contributed by atoms with van der Waals surface area (Å²) in [5, 5.41) is 5.57. The van der Waals surface area contributed by atoms with Crippen molar-refractivity contribution in [2.75, 3.05) is 17.2 Å². The summed E-state index contributed by atoms with van der Waals surface area (Å²) in [6.07, 6.45) is 0. The van der Waals surface area contributed by atoms with Crippen LogP contribution in [0.1, 0.15) is 6.92 Å². The minimum atomic E-state index is -0.281. The van der Waals surface area contributed by atoms with Gasteiger partial charge in [-0.2, -0.15) is 0 Å². The Bertz CT molecular complexity index is 939. The first-order chi connectivity index (χ1) is 13.1. The standard InChI is InChI=1S/C22H20N2O3/c1-16(25)23-20-13-7-8-14-21(20)27-15-22(26)24-19-12-6-5-11-18(19)17-9-3-2-4-10-17/h2-14H,15H2,1H3,(H,23,25)(H,24,26). The van der Waals surface area contributed by atoms with Crippen molar-refractivity contribution in [3.8, 4) is 16.9 Å². The molecule has 5 heteroatoms. The van der Waals surface area contributed by atoms with E-state index >= 15 is 0 Å². The Labute approximate surface area is 158 Å². The summed E-state index contributed by atoms with van der Waals surface area (Å²) in [4.78, 5) is 23.7. The molecule has 0 aliphatic carbocycles. The molecule has 3 aromatic carbocycles. The maximum absolute atomic E-state index is 12.4. The normalized spacial score (nSPS) is 10.1. The van der Waals surface area contributed by atoms with Crippen LogP contribution < -0.4 is 15.4 Å². The van der Waals surface area contributed by atoms with E-state index in [0.29, 0.717) is 17.1 Å². The summed E-state index contributed by atoms with van der Waals surface area (Å²) in [6, 6.07) is 24.4. The molecule has 2 N–H and O–H groups in total. The minimum absolute atomic E-state index is 0.167. The topological polar surface area (TPSA) is 67.4 Å². The average Bonchev–Trinajstić information content (AvgIpc) is 2.68. The number of hydrogen-bond donors (Lipinski definition) is 2. The van der Waals surface area contributed by atoms with Crippen LogP contribution in [-0.2, 0) is 9.59 Å². The molecule has 0 aliphatic heterocycles. The molecule has 136 valence electrons. The Kier molecular flexibility index (Phi) is 5.84. The van der Waals surface area contributed by atoms with E-state index in [1.54, 1.807) is 24.3 Å². The van der Waals surface area contributed by atoms with Gasteiger partial charge < -0.3 is 15.4 Å². The van der Waals surface area contributed by atoms with Gasteiger partial charge in [0.05, 0.1) is 5.69 Å². The van der Waals surface area contributed by atoms with Gasteiger partial charge in [-0.25, -0.2) is 0 Å². The van der Waals surface area contributed by atoms with E-state index < -0.39 is 0 Å². The zero-order valence-electron chi connectivity index (χ0n) is 14.9. The van der Waals surface area contributed by atoms with Gasteiger partial charge in [-0.05, 0) is 23.8 Å². The number of rotatable bonds is 6. The summed E-state index contributed by atoms with van der Waals surface area (Å²) in [5.41, 5.74) is 3.20. The second kappa shape index (κ2) is 8.67. The number of carbonyl (C=O) groups excluding carboxylic acids is 2. The van der Waals surface area contributed by atoms with Crippen LogP contribution in [0.25, 0.3) is 11.1 Å². The van der Waals surface area contributed by atoms with Crippen LogP contribution >= 0.6 is 0 Å². The molecule has 0 saturated heterocycles. The number of anilines is 2. The van der Waals surface area contributed by atoms with Crippen LogP contribution in [0, 0.1) is 0 Å². The van der Waals surface area contributed by atoms with Gasteiger partial charge >= 0.3 is 0 Å². The molecule has 27 heavy (non-hydrogen) atoms. The zero-order chi connectivity index (χ0) is 19.1. The van der Waals surface area contributed by atoms with Gasteiger partial charge in [0, 0.05) is 18.2 Å². The molecule has 0 fully saturated rings. The van der Waals surface area contributed by atoms with E-state index in [0.717, 1.165) is 11.1 Å². The van der Waals surface area contributed by atoms with Crippen molar-refractivity contribution in [3.63, 3.8) is 0 Å². The fourth-order valence-electron chi connectivity index (χ4n) is 2.68. The third kappa shape index (κ3) is 4.95. The molecular weight excluding hydrogens is 340 g/mol. The number of hydrogen-bond acceptors (Lipinski definition) is 3. The van der Waals surface area contributed by atoms with Crippen LogP contribution in [0.15, 0.2) is 78.9 Å². The van der Waals surface area contributed by atoms with Crippen molar-refractivity contribution >= 4 is 23.2 Å². The first kappa shape index (κ1) is 18.2. The highest BCUT2D eigenvalue weighted by molar-refractivity contribution is 5.96. The number of nitrogens with one attached hydrogen (secondary N) is 2. The van der Waals surface area contributed by atoms with Crippen LogP contribution in [-0.4, -0.2) is 18.4 Å². The summed E-state index contributed by atoms with van der Waals surface area (Å²) in [5.74, 6) is -0.0394. The maximum Gasteiger partial charge on any atom is 0.262 e. The Morgan fingerprint density at radius 2 is 1.41 bits per heavy atom. The Balaban J connectivity index is 1.69. The van der Waals surface area contributed by atoms with Gasteiger partial charge in [0.2, 0.25) is 5.91 Å². The Morgan fingerprint density at radius 1 is 0.778 bits per heavy atom. The largest absolute Gasteiger partial charge is 0.482 e. The number of benzene rings is 3. The molecule has 0 bridgehead atoms. The fraction of sp³-hybridized carbons (Fsp3) is 0.0909. The van der Waals surface area contributed by atoms with Crippen molar-refractivity contribution in [2.45, 2.75) is 6.92 Å². The molecule has 2 amide bonds. The lowest BCUT2D eigenvalue weighted by Crippen LogP contribution is -2.21. The highest BCUT2D eigenvalue weighted by Crippen LogP contribution is 2.28. The molecule has 0 spiro atoms. The van der Waals surface area contributed by atoms with E-state index in [9.17, 15) is 9.59 Å². The quantitative estimate of drug-likeness (QED) is 0.687. The highest BCUT2D eigenvalue weighted by atomic mass is 16.5. The average molecular weight is 360 g/mol.